The van der Waals surface area contributed by atoms with Crippen LogP contribution in [-0.2, 0) is 26.1 Å². The molecule has 0 atom stereocenters. The molecule has 1 aromatic rings. The predicted octanol–water partition coefficient (Wildman–Crippen LogP) is 3.65. The summed E-state index contributed by atoms with van der Waals surface area (Å²) in [7, 11) is 1.42. The van der Waals surface area contributed by atoms with E-state index in [9.17, 15) is 4.79 Å². The van der Waals surface area contributed by atoms with Gasteiger partial charge in [-0.2, -0.15) is 0 Å². The SMILES string of the molecule is COC(=O)CCc1ccc(C(C)(C)C)cc1OC1CCOCC1. The zero-order chi connectivity index (χ0) is 16.9. The van der Waals surface area contributed by atoms with E-state index in [1.807, 2.05) is 0 Å². The van der Waals surface area contributed by atoms with Crippen LogP contribution in [0, 0.1) is 0 Å². The number of hydrogen-bond donors (Lipinski definition) is 0. The van der Waals surface area contributed by atoms with Crippen molar-refractivity contribution >= 4 is 5.97 Å². The van der Waals surface area contributed by atoms with Crippen molar-refractivity contribution in [2.24, 2.45) is 0 Å². The van der Waals surface area contributed by atoms with E-state index in [-0.39, 0.29) is 17.5 Å². The summed E-state index contributed by atoms with van der Waals surface area (Å²) in [5.41, 5.74) is 2.37. The molecule has 4 nitrogen and oxygen atoms in total. The van der Waals surface area contributed by atoms with Gasteiger partial charge in [-0.3, -0.25) is 4.79 Å². The molecule has 1 aliphatic rings. The van der Waals surface area contributed by atoms with Gasteiger partial charge in [0, 0.05) is 19.3 Å². The third kappa shape index (κ3) is 5.24. The van der Waals surface area contributed by atoms with Crippen LogP contribution >= 0.6 is 0 Å². The van der Waals surface area contributed by atoms with Crippen LogP contribution in [0.3, 0.4) is 0 Å². The third-order valence-electron chi connectivity index (χ3n) is 4.22. The molecule has 0 radical (unpaired) electrons. The molecule has 0 aromatic heterocycles. The van der Waals surface area contributed by atoms with Gasteiger partial charge in [-0.1, -0.05) is 32.9 Å². The summed E-state index contributed by atoms with van der Waals surface area (Å²) in [6.45, 7) is 8.07. The van der Waals surface area contributed by atoms with Crippen LogP contribution < -0.4 is 4.74 Å². The Morgan fingerprint density at radius 2 is 1.96 bits per heavy atom. The van der Waals surface area contributed by atoms with Crippen LogP contribution in [0.5, 0.6) is 5.75 Å². The second-order valence-corrected chi connectivity index (χ2v) is 7.08. The molecule has 23 heavy (non-hydrogen) atoms. The number of rotatable bonds is 5. The molecule has 1 heterocycles. The van der Waals surface area contributed by atoms with Crippen LogP contribution in [0.25, 0.3) is 0 Å². The van der Waals surface area contributed by atoms with Crippen LogP contribution in [0.2, 0.25) is 0 Å². The monoisotopic (exact) mass is 320 g/mol. The summed E-state index contributed by atoms with van der Waals surface area (Å²) < 4.78 is 16.4. The normalized spacial score (nSPS) is 16.2. The van der Waals surface area contributed by atoms with Crippen LogP contribution in [0.4, 0.5) is 0 Å². The number of benzene rings is 1. The molecular formula is C19H28O4. The van der Waals surface area contributed by atoms with Crippen molar-refractivity contribution in [2.75, 3.05) is 20.3 Å². The summed E-state index contributed by atoms with van der Waals surface area (Å²) in [6.07, 6.45) is 3.02. The van der Waals surface area contributed by atoms with Gasteiger partial charge >= 0.3 is 5.97 Å². The first-order chi connectivity index (χ1) is 10.9. The summed E-state index contributed by atoms with van der Waals surface area (Å²) in [6, 6.07) is 6.34. The van der Waals surface area contributed by atoms with E-state index in [1.165, 1.54) is 12.7 Å². The van der Waals surface area contributed by atoms with Gasteiger partial charge in [0.05, 0.1) is 20.3 Å². The number of esters is 1. The quantitative estimate of drug-likeness (QED) is 0.777. The number of hydrogen-bond acceptors (Lipinski definition) is 4. The van der Waals surface area contributed by atoms with Gasteiger partial charge < -0.3 is 14.2 Å². The molecule has 0 amide bonds. The summed E-state index contributed by atoms with van der Waals surface area (Å²) in [5, 5.41) is 0. The zero-order valence-corrected chi connectivity index (χ0v) is 14.7. The maximum absolute atomic E-state index is 11.4. The molecule has 1 saturated heterocycles. The van der Waals surface area contributed by atoms with Crippen molar-refractivity contribution in [3.05, 3.63) is 29.3 Å². The molecular weight excluding hydrogens is 292 g/mol. The highest BCUT2D eigenvalue weighted by atomic mass is 16.5. The number of ether oxygens (including phenoxy) is 3. The van der Waals surface area contributed by atoms with Gasteiger partial charge in [0.15, 0.2) is 0 Å². The van der Waals surface area contributed by atoms with E-state index in [0.29, 0.717) is 12.8 Å². The molecule has 1 fully saturated rings. The Morgan fingerprint density at radius 3 is 2.57 bits per heavy atom. The van der Waals surface area contributed by atoms with Gasteiger partial charge in [-0.15, -0.1) is 0 Å². The van der Waals surface area contributed by atoms with Crippen molar-refractivity contribution in [3.8, 4) is 5.75 Å². The van der Waals surface area contributed by atoms with Gasteiger partial charge in [0.25, 0.3) is 0 Å². The minimum Gasteiger partial charge on any atom is -0.490 e. The van der Waals surface area contributed by atoms with Crippen molar-refractivity contribution in [2.45, 2.75) is 58.0 Å². The van der Waals surface area contributed by atoms with Crippen LogP contribution in [0.1, 0.15) is 51.2 Å². The Morgan fingerprint density at radius 1 is 1.26 bits per heavy atom. The van der Waals surface area contributed by atoms with E-state index in [0.717, 1.165) is 37.4 Å². The predicted molar refractivity (Wildman–Crippen MR) is 89.9 cm³/mol. The molecule has 0 saturated carbocycles. The smallest absolute Gasteiger partial charge is 0.305 e. The molecule has 0 N–H and O–H groups in total. The molecule has 0 bridgehead atoms. The van der Waals surface area contributed by atoms with E-state index in [4.69, 9.17) is 14.2 Å². The number of aryl methyl sites for hydroxylation is 1. The minimum atomic E-state index is -0.193. The average molecular weight is 320 g/mol. The number of carbonyl (C=O) groups excluding carboxylic acids is 1. The van der Waals surface area contributed by atoms with E-state index in [1.54, 1.807) is 0 Å². The van der Waals surface area contributed by atoms with Gasteiger partial charge in [-0.05, 0) is 29.0 Å². The fourth-order valence-electron chi connectivity index (χ4n) is 2.65. The molecule has 128 valence electrons. The number of methoxy groups -OCH3 is 1. The van der Waals surface area contributed by atoms with Gasteiger partial charge in [-0.25, -0.2) is 0 Å². The van der Waals surface area contributed by atoms with Crippen molar-refractivity contribution in [1.82, 2.24) is 0 Å². The molecule has 2 rings (SSSR count). The third-order valence-corrected chi connectivity index (χ3v) is 4.22. The fourth-order valence-corrected chi connectivity index (χ4v) is 2.65. The van der Waals surface area contributed by atoms with Crippen molar-refractivity contribution in [3.63, 3.8) is 0 Å². The lowest BCUT2D eigenvalue weighted by molar-refractivity contribution is -0.140. The Kier molecular flexibility index (Phi) is 6.05. The first kappa shape index (κ1) is 17.8. The number of carbonyl (C=O) groups is 1. The first-order valence-corrected chi connectivity index (χ1v) is 8.35. The molecule has 1 aliphatic heterocycles. The van der Waals surface area contributed by atoms with E-state index < -0.39 is 0 Å². The molecule has 1 aromatic carbocycles. The van der Waals surface area contributed by atoms with Gasteiger partial charge in [0.2, 0.25) is 0 Å². The lowest BCUT2D eigenvalue weighted by Crippen LogP contribution is -2.26. The van der Waals surface area contributed by atoms with Crippen molar-refractivity contribution in [1.29, 1.82) is 0 Å². The molecule has 0 aliphatic carbocycles. The summed E-state index contributed by atoms with van der Waals surface area (Å²) in [5.74, 6) is 0.704. The Bertz CT molecular complexity index is 525. The highest BCUT2D eigenvalue weighted by Gasteiger charge is 2.20. The molecule has 4 heteroatoms. The largest absolute Gasteiger partial charge is 0.490 e. The fraction of sp³-hybridized carbons (Fsp3) is 0.632. The lowest BCUT2D eigenvalue weighted by atomic mass is 9.86. The Labute approximate surface area is 139 Å². The maximum atomic E-state index is 11.4. The minimum absolute atomic E-state index is 0.0642. The van der Waals surface area contributed by atoms with Gasteiger partial charge in [0.1, 0.15) is 11.9 Å². The van der Waals surface area contributed by atoms with Crippen LogP contribution in [-0.4, -0.2) is 32.4 Å². The second kappa shape index (κ2) is 7.82. The average Bonchev–Trinajstić information content (AvgIpc) is 2.53. The molecule has 0 unspecified atom stereocenters. The second-order valence-electron chi connectivity index (χ2n) is 7.08. The zero-order valence-electron chi connectivity index (χ0n) is 14.7. The summed E-state index contributed by atoms with van der Waals surface area (Å²) in [4.78, 5) is 11.4. The lowest BCUT2D eigenvalue weighted by Gasteiger charge is -2.26. The first-order valence-electron chi connectivity index (χ1n) is 8.35. The highest BCUT2D eigenvalue weighted by Crippen LogP contribution is 2.31. The van der Waals surface area contributed by atoms with E-state index in [2.05, 4.69) is 39.0 Å². The topological polar surface area (TPSA) is 44.8 Å². The standard InChI is InChI=1S/C19H28O4/c1-19(2,3)15-7-5-14(6-8-18(20)21-4)17(13-15)23-16-9-11-22-12-10-16/h5,7,13,16H,6,8-12H2,1-4H3. The highest BCUT2D eigenvalue weighted by molar-refractivity contribution is 5.69. The van der Waals surface area contributed by atoms with Crippen molar-refractivity contribution < 1.29 is 19.0 Å². The maximum Gasteiger partial charge on any atom is 0.305 e. The van der Waals surface area contributed by atoms with E-state index >= 15 is 0 Å². The Hall–Kier alpha value is -1.55. The van der Waals surface area contributed by atoms with Crippen LogP contribution in [0.15, 0.2) is 18.2 Å². The molecule has 0 spiro atoms. The Balaban J connectivity index is 2.19. The summed E-state index contributed by atoms with van der Waals surface area (Å²) >= 11 is 0.